The van der Waals surface area contributed by atoms with Crippen LogP contribution in [0.25, 0.3) is 11.0 Å². The Kier molecular flexibility index (Phi) is 5.99. The number of methoxy groups -OCH3 is 1. The molecule has 2 heterocycles. The number of benzene rings is 2. The predicted octanol–water partition coefficient (Wildman–Crippen LogP) is 3.26. The molecule has 0 radical (unpaired) electrons. The first kappa shape index (κ1) is 20.0. The molecule has 156 valence electrons. The van der Waals surface area contributed by atoms with Gasteiger partial charge in [-0.2, -0.15) is 0 Å². The van der Waals surface area contributed by atoms with E-state index in [1.165, 1.54) is 6.07 Å². The quantitative estimate of drug-likeness (QED) is 0.604. The minimum Gasteiger partial charge on any atom is -0.497 e. The highest BCUT2D eigenvalue weighted by atomic mass is 16.6. The maximum absolute atomic E-state index is 12.3. The Morgan fingerprint density at radius 1 is 1.03 bits per heavy atom. The first-order chi connectivity index (χ1) is 14.6. The van der Waals surface area contributed by atoms with E-state index in [9.17, 15) is 9.59 Å². The second-order valence-electron chi connectivity index (χ2n) is 7.26. The lowest BCUT2D eigenvalue weighted by molar-refractivity contribution is 0.0701. The van der Waals surface area contributed by atoms with Gasteiger partial charge in [0.1, 0.15) is 17.9 Å². The van der Waals surface area contributed by atoms with Gasteiger partial charge in [0.2, 0.25) is 0 Å². The molecule has 4 rings (SSSR count). The molecule has 0 bridgehead atoms. The van der Waals surface area contributed by atoms with Gasteiger partial charge in [-0.05, 0) is 23.3 Å². The normalized spacial score (nSPS) is 14.6. The van der Waals surface area contributed by atoms with Crippen LogP contribution in [0, 0.1) is 0 Å². The van der Waals surface area contributed by atoms with Gasteiger partial charge in [-0.25, -0.2) is 9.59 Å². The molecule has 1 aromatic heterocycles. The lowest BCUT2D eigenvalue weighted by Crippen LogP contribution is -2.48. The van der Waals surface area contributed by atoms with Crippen LogP contribution in [-0.4, -0.2) is 49.2 Å². The molecule has 1 saturated heterocycles. The number of rotatable bonds is 5. The van der Waals surface area contributed by atoms with Crippen LogP contribution in [0.5, 0.6) is 5.75 Å². The average molecular weight is 408 g/mol. The minimum absolute atomic E-state index is 0.273. The zero-order chi connectivity index (χ0) is 20.9. The summed E-state index contributed by atoms with van der Waals surface area (Å²) in [6, 6.07) is 16.7. The Morgan fingerprint density at radius 2 is 1.80 bits per heavy atom. The molecule has 0 saturated carbocycles. The molecule has 7 nitrogen and oxygen atoms in total. The van der Waals surface area contributed by atoms with E-state index in [1.54, 1.807) is 18.1 Å². The molecule has 1 fully saturated rings. The number of carbonyl (C=O) groups is 1. The maximum Gasteiger partial charge on any atom is 0.410 e. The van der Waals surface area contributed by atoms with Crippen molar-refractivity contribution in [2.45, 2.75) is 13.2 Å². The van der Waals surface area contributed by atoms with E-state index < -0.39 is 0 Å². The molecule has 0 N–H and O–H groups in total. The van der Waals surface area contributed by atoms with Crippen LogP contribution in [0.3, 0.4) is 0 Å². The number of hydrogen-bond donors (Lipinski definition) is 0. The molecule has 0 atom stereocenters. The van der Waals surface area contributed by atoms with E-state index in [-0.39, 0.29) is 18.3 Å². The smallest absolute Gasteiger partial charge is 0.410 e. The fraction of sp³-hybridized carbons (Fsp3) is 0.304. The zero-order valence-electron chi connectivity index (χ0n) is 16.9. The molecular formula is C23H24N2O5. The van der Waals surface area contributed by atoms with E-state index in [0.29, 0.717) is 44.1 Å². The largest absolute Gasteiger partial charge is 0.497 e. The van der Waals surface area contributed by atoms with Crippen molar-refractivity contribution in [1.29, 1.82) is 0 Å². The molecule has 0 spiro atoms. The van der Waals surface area contributed by atoms with Crippen molar-refractivity contribution >= 4 is 17.1 Å². The summed E-state index contributed by atoms with van der Waals surface area (Å²) in [5, 5.41) is 0.889. The molecule has 1 amide bonds. The summed E-state index contributed by atoms with van der Waals surface area (Å²) in [7, 11) is 1.58. The molecule has 2 aromatic carbocycles. The third-order valence-corrected chi connectivity index (χ3v) is 5.27. The molecule has 0 unspecified atom stereocenters. The Bertz CT molecular complexity index is 1070. The minimum atomic E-state index is -0.381. The molecular weight excluding hydrogens is 384 g/mol. The zero-order valence-corrected chi connectivity index (χ0v) is 16.9. The SMILES string of the molecule is COc1ccc2c(CN3CCN(C(=O)OCc4ccccc4)CC3)cc(=O)oc2c1. The number of hydrogen-bond acceptors (Lipinski definition) is 6. The summed E-state index contributed by atoms with van der Waals surface area (Å²) < 4.78 is 16.0. The Morgan fingerprint density at radius 3 is 2.53 bits per heavy atom. The van der Waals surface area contributed by atoms with Crippen molar-refractivity contribution in [1.82, 2.24) is 9.80 Å². The summed E-state index contributed by atoms with van der Waals surface area (Å²) in [6.07, 6.45) is -0.295. The predicted molar refractivity (Wildman–Crippen MR) is 113 cm³/mol. The Hall–Kier alpha value is -3.32. The number of fused-ring (bicyclic) bond motifs is 1. The van der Waals surface area contributed by atoms with Crippen LogP contribution < -0.4 is 10.4 Å². The monoisotopic (exact) mass is 408 g/mol. The van der Waals surface area contributed by atoms with Crippen molar-refractivity contribution in [2.24, 2.45) is 0 Å². The van der Waals surface area contributed by atoms with E-state index in [0.717, 1.165) is 16.5 Å². The van der Waals surface area contributed by atoms with E-state index in [2.05, 4.69) is 4.90 Å². The average Bonchev–Trinajstić information content (AvgIpc) is 2.78. The van der Waals surface area contributed by atoms with Crippen LogP contribution in [-0.2, 0) is 17.9 Å². The van der Waals surface area contributed by atoms with Crippen molar-refractivity contribution in [3.05, 3.63) is 76.1 Å². The second-order valence-corrected chi connectivity index (χ2v) is 7.26. The molecule has 1 aliphatic rings. The van der Waals surface area contributed by atoms with Crippen LogP contribution >= 0.6 is 0 Å². The van der Waals surface area contributed by atoms with Gasteiger partial charge in [-0.3, -0.25) is 4.90 Å². The number of amides is 1. The Labute approximate surface area is 174 Å². The first-order valence-electron chi connectivity index (χ1n) is 9.91. The van der Waals surface area contributed by atoms with Gasteiger partial charge in [0.25, 0.3) is 0 Å². The van der Waals surface area contributed by atoms with Crippen LogP contribution in [0.15, 0.2) is 63.8 Å². The number of piperazine rings is 1. The van der Waals surface area contributed by atoms with Crippen LogP contribution in [0.4, 0.5) is 4.79 Å². The highest BCUT2D eigenvalue weighted by molar-refractivity contribution is 5.81. The third-order valence-electron chi connectivity index (χ3n) is 5.27. The van der Waals surface area contributed by atoms with Crippen molar-refractivity contribution < 1.29 is 18.7 Å². The molecule has 30 heavy (non-hydrogen) atoms. The second kappa shape index (κ2) is 9.00. The lowest BCUT2D eigenvalue weighted by Gasteiger charge is -2.34. The first-order valence-corrected chi connectivity index (χ1v) is 9.91. The fourth-order valence-corrected chi connectivity index (χ4v) is 3.61. The molecule has 7 heteroatoms. The summed E-state index contributed by atoms with van der Waals surface area (Å²) in [4.78, 5) is 28.3. The highest BCUT2D eigenvalue weighted by Gasteiger charge is 2.23. The highest BCUT2D eigenvalue weighted by Crippen LogP contribution is 2.23. The van der Waals surface area contributed by atoms with Gasteiger partial charge in [0.15, 0.2) is 0 Å². The van der Waals surface area contributed by atoms with E-state index >= 15 is 0 Å². The van der Waals surface area contributed by atoms with E-state index in [4.69, 9.17) is 13.9 Å². The lowest BCUT2D eigenvalue weighted by atomic mass is 10.1. The maximum atomic E-state index is 12.3. The van der Waals surface area contributed by atoms with Gasteiger partial charge in [-0.15, -0.1) is 0 Å². The van der Waals surface area contributed by atoms with Crippen molar-refractivity contribution in [3.8, 4) is 5.75 Å². The number of carbonyl (C=O) groups excluding carboxylic acids is 1. The number of ether oxygens (including phenoxy) is 2. The molecule has 3 aromatic rings. The standard InChI is InChI=1S/C23H24N2O5/c1-28-19-7-8-20-18(13-22(26)30-21(20)14-19)15-24-9-11-25(12-10-24)23(27)29-16-17-5-3-2-4-6-17/h2-8,13-14H,9-12,15-16H2,1H3. The summed E-state index contributed by atoms with van der Waals surface area (Å²) in [5.41, 5.74) is 2.01. The number of nitrogens with zero attached hydrogens (tertiary/aromatic N) is 2. The van der Waals surface area contributed by atoms with Crippen LogP contribution in [0.1, 0.15) is 11.1 Å². The van der Waals surface area contributed by atoms with Gasteiger partial charge in [0, 0.05) is 50.2 Å². The summed E-state index contributed by atoms with van der Waals surface area (Å²) >= 11 is 0. The van der Waals surface area contributed by atoms with Gasteiger partial charge < -0.3 is 18.8 Å². The van der Waals surface area contributed by atoms with Crippen molar-refractivity contribution in [3.63, 3.8) is 0 Å². The third kappa shape index (κ3) is 4.63. The topological polar surface area (TPSA) is 72.2 Å². The summed E-state index contributed by atoms with van der Waals surface area (Å²) in [5.74, 6) is 0.644. The van der Waals surface area contributed by atoms with Gasteiger partial charge in [0.05, 0.1) is 7.11 Å². The molecule has 1 aliphatic heterocycles. The van der Waals surface area contributed by atoms with E-state index in [1.807, 2.05) is 42.5 Å². The van der Waals surface area contributed by atoms with Crippen LogP contribution in [0.2, 0.25) is 0 Å². The molecule has 0 aliphatic carbocycles. The Balaban J connectivity index is 1.36. The summed E-state index contributed by atoms with van der Waals surface area (Å²) in [6.45, 7) is 3.47. The van der Waals surface area contributed by atoms with Gasteiger partial charge in [-0.1, -0.05) is 30.3 Å². The van der Waals surface area contributed by atoms with Crippen molar-refractivity contribution in [2.75, 3.05) is 33.3 Å². The van der Waals surface area contributed by atoms with Gasteiger partial charge >= 0.3 is 11.7 Å². The fourth-order valence-electron chi connectivity index (χ4n) is 3.61.